The van der Waals surface area contributed by atoms with Gasteiger partial charge in [-0.3, -0.25) is 0 Å². The third-order valence-corrected chi connectivity index (χ3v) is 3.62. The van der Waals surface area contributed by atoms with E-state index in [0.29, 0.717) is 17.1 Å². The van der Waals surface area contributed by atoms with Crippen LogP contribution in [0.3, 0.4) is 0 Å². The Bertz CT molecular complexity index is 830. The maximum absolute atomic E-state index is 13.1. The molecule has 3 aromatic rings. The molecule has 0 bridgehead atoms. The van der Waals surface area contributed by atoms with Crippen LogP contribution in [0.2, 0.25) is 5.02 Å². The average molecular weight is 285 g/mol. The van der Waals surface area contributed by atoms with Gasteiger partial charge < -0.3 is 4.57 Å². The summed E-state index contributed by atoms with van der Waals surface area (Å²) in [4.78, 5) is 0. The Balaban J connectivity index is 2.09. The lowest BCUT2D eigenvalue weighted by Crippen LogP contribution is -1.98. The van der Waals surface area contributed by atoms with Gasteiger partial charge in [0, 0.05) is 28.7 Å². The highest BCUT2D eigenvalue weighted by atomic mass is 35.5. The number of hydrogen-bond donors (Lipinski definition) is 0. The van der Waals surface area contributed by atoms with Gasteiger partial charge in [-0.2, -0.15) is 5.26 Å². The van der Waals surface area contributed by atoms with Gasteiger partial charge in [-0.05, 0) is 23.8 Å². The van der Waals surface area contributed by atoms with E-state index >= 15 is 0 Å². The number of fused-ring (bicyclic) bond motifs is 1. The molecule has 0 aliphatic carbocycles. The van der Waals surface area contributed by atoms with E-state index in [1.807, 2.05) is 28.8 Å². The van der Waals surface area contributed by atoms with Gasteiger partial charge >= 0.3 is 0 Å². The minimum atomic E-state index is -0.353. The molecule has 0 saturated heterocycles. The molecule has 0 spiro atoms. The molecule has 4 heteroatoms. The van der Waals surface area contributed by atoms with Crippen LogP contribution in [-0.4, -0.2) is 4.57 Å². The van der Waals surface area contributed by atoms with Crippen LogP contribution in [0.15, 0.2) is 48.7 Å². The highest BCUT2D eigenvalue weighted by Crippen LogP contribution is 2.24. The van der Waals surface area contributed by atoms with Crippen LogP contribution in [0.5, 0.6) is 0 Å². The topological polar surface area (TPSA) is 28.7 Å². The molecular weight excluding hydrogens is 275 g/mol. The van der Waals surface area contributed by atoms with E-state index in [0.717, 1.165) is 16.5 Å². The molecule has 0 aliphatic heterocycles. The predicted octanol–water partition coefficient (Wildman–Crippen LogP) is 4.35. The molecule has 0 radical (unpaired) electrons. The van der Waals surface area contributed by atoms with E-state index in [4.69, 9.17) is 16.9 Å². The van der Waals surface area contributed by atoms with Crippen LogP contribution >= 0.6 is 11.6 Å². The molecule has 0 amide bonds. The third kappa shape index (κ3) is 2.15. The summed E-state index contributed by atoms with van der Waals surface area (Å²) in [6.07, 6.45) is 1.80. The summed E-state index contributed by atoms with van der Waals surface area (Å²) >= 11 is 6.05. The first kappa shape index (κ1) is 12.7. The molecule has 0 fully saturated rings. The van der Waals surface area contributed by atoms with Crippen molar-refractivity contribution in [1.82, 2.24) is 4.57 Å². The molecule has 0 N–H and O–H groups in total. The molecule has 0 atom stereocenters. The number of nitrogens with zero attached hydrogens (tertiary/aromatic N) is 2. The summed E-state index contributed by atoms with van der Waals surface area (Å²) in [5, 5.41) is 10.5. The van der Waals surface area contributed by atoms with Crippen molar-refractivity contribution in [2.75, 3.05) is 0 Å². The minimum absolute atomic E-state index is 0.353. The van der Waals surface area contributed by atoms with Gasteiger partial charge in [0.25, 0.3) is 0 Å². The molecule has 1 heterocycles. The zero-order valence-electron chi connectivity index (χ0n) is 10.5. The Morgan fingerprint density at radius 2 is 2.00 bits per heavy atom. The lowest BCUT2D eigenvalue weighted by molar-refractivity contribution is 0.626. The molecule has 3 rings (SSSR count). The Hall–Kier alpha value is -2.31. The standard InChI is InChI=1S/C16H10ClFN2/c17-15-7-13(18)6-5-11(15)9-20-10-12(8-19)14-3-1-2-4-16(14)20/h1-7,10H,9H2. The average Bonchev–Trinajstić information content (AvgIpc) is 2.80. The van der Waals surface area contributed by atoms with Crippen molar-refractivity contribution < 1.29 is 4.39 Å². The second-order valence-corrected chi connectivity index (χ2v) is 4.94. The van der Waals surface area contributed by atoms with Gasteiger partial charge in [0.2, 0.25) is 0 Å². The van der Waals surface area contributed by atoms with Crippen molar-refractivity contribution in [2.45, 2.75) is 6.54 Å². The number of nitriles is 1. The zero-order chi connectivity index (χ0) is 14.1. The first-order chi connectivity index (χ1) is 9.69. The van der Waals surface area contributed by atoms with Crippen LogP contribution in [0.1, 0.15) is 11.1 Å². The summed E-state index contributed by atoms with van der Waals surface area (Å²) in [5.41, 5.74) is 2.40. The maximum Gasteiger partial charge on any atom is 0.124 e. The Morgan fingerprint density at radius 3 is 2.75 bits per heavy atom. The number of hydrogen-bond acceptors (Lipinski definition) is 1. The largest absolute Gasteiger partial charge is 0.342 e. The van der Waals surface area contributed by atoms with Crippen LogP contribution < -0.4 is 0 Å². The van der Waals surface area contributed by atoms with Gasteiger partial charge in [-0.1, -0.05) is 35.9 Å². The summed E-state index contributed by atoms with van der Waals surface area (Å²) in [7, 11) is 0. The number of halogens is 2. The Kier molecular flexibility index (Phi) is 3.17. The summed E-state index contributed by atoms with van der Waals surface area (Å²) in [5.74, 6) is -0.353. The summed E-state index contributed by atoms with van der Waals surface area (Å²) in [6.45, 7) is 0.501. The van der Waals surface area contributed by atoms with E-state index < -0.39 is 0 Å². The molecule has 0 unspecified atom stereocenters. The highest BCUT2D eigenvalue weighted by Gasteiger charge is 2.09. The first-order valence-electron chi connectivity index (χ1n) is 6.11. The summed E-state index contributed by atoms with van der Waals surface area (Å²) in [6, 6.07) is 14.2. The van der Waals surface area contributed by atoms with Crippen molar-refractivity contribution in [1.29, 1.82) is 5.26 Å². The van der Waals surface area contributed by atoms with Crippen molar-refractivity contribution in [2.24, 2.45) is 0 Å². The van der Waals surface area contributed by atoms with Crippen molar-refractivity contribution >= 4 is 22.5 Å². The molecule has 0 aliphatic rings. The SMILES string of the molecule is N#Cc1cn(Cc2ccc(F)cc2Cl)c2ccccc12. The van der Waals surface area contributed by atoms with Gasteiger partial charge in [-0.25, -0.2) is 4.39 Å². The molecule has 20 heavy (non-hydrogen) atoms. The summed E-state index contributed by atoms with van der Waals surface area (Å²) < 4.78 is 15.0. The van der Waals surface area contributed by atoms with Crippen molar-refractivity contribution in [3.63, 3.8) is 0 Å². The second kappa shape index (κ2) is 4.99. The van der Waals surface area contributed by atoms with E-state index in [-0.39, 0.29) is 5.82 Å². The van der Waals surface area contributed by atoms with Crippen LogP contribution in [-0.2, 0) is 6.54 Å². The first-order valence-corrected chi connectivity index (χ1v) is 6.49. The number of aromatic nitrogens is 1. The zero-order valence-corrected chi connectivity index (χ0v) is 11.2. The molecule has 2 aromatic carbocycles. The van der Waals surface area contributed by atoms with Gasteiger partial charge in [0.05, 0.1) is 5.56 Å². The van der Waals surface area contributed by atoms with Gasteiger partial charge in [0.1, 0.15) is 11.9 Å². The Labute approximate surface area is 120 Å². The van der Waals surface area contributed by atoms with Gasteiger partial charge in [-0.15, -0.1) is 0 Å². The number of para-hydroxylation sites is 1. The predicted molar refractivity (Wildman–Crippen MR) is 77.2 cm³/mol. The van der Waals surface area contributed by atoms with E-state index in [1.165, 1.54) is 12.1 Å². The lowest BCUT2D eigenvalue weighted by atomic mass is 10.2. The fraction of sp³-hybridized carbons (Fsp3) is 0.0625. The van der Waals surface area contributed by atoms with Crippen LogP contribution in [0.25, 0.3) is 10.9 Å². The normalized spacial score (nSPS) is 10.7. The Morgan fingerprint density at radius 1 is 1.20 bits per heavy atom. The van der Waals surface area contributed by atoms with Crippen LogP contribution in [0.4, 0.5) is 4.39 Å². The smallest absolute Gasteiger partial charge is 0.124 e. The highest BCUT2D eigenvalue weighted by molar-refractivity contribution is 6.31. The molecule has 98 valence electrons. The van der Waals surface area contributed by atoms with E-state index in [1.54, 1.807) is 12.3 Å². The van der Waals surface area contributed by atoms with Crippen molar-refractivity contribution in [3.8, 4) is 6.07 Å². The third-order valence-electron chi connectivity index (χ3n) is 3.26. The van der Waals surface area contributed by atoms with Crippen molar-refractivity contribution in [3.05, 3.63) is 70.6 Å². The molecule has 2 nitrogen and oxygen atoms in total. The van der Waals surface area contributed by atoms with Crippen LogP contribution in [0, 0.1) is 17.1 Å². The maximum atomic E-state index is 13.1. The number of rotatable bonds is 2. The second-order valence-electron chi connectivity index (χ2n) is 4.54. The van der Waals surface area contributed by atoms with E-state index in [9.17, 15) is 4.39 Å². The molecule has 1 aromatic heterocycles. The minimum Gasteiger partial charge on any atom is -0.342 e. The number of benzene rings is 2. The molecule has 0 saturated carbocycles. The fourth-order valence-corrected chi connectivity index (χ4v) is 2.53. The van der Waals surface area contributed by atoms with E-state index in [2.05, 4.69) is 6.07 Å². The lowest BCUT2D eigenvalue weighted by Gasteiger charge is -2.07. The van der Waals surface area contributed by atoms with Gasteiger partial charge in [0.15, 0.2) is 0 Å². The fourth-order valence-electron chi connectivity index (χ4n) is 2.30. The molecular formula is C16H10ClFN2. The monoisotopic (exact) mass is 284 g/mol. The quantitative estimate of drug-likeness (QED) is 0.687.